The fourth-order valence-corrected chi connectivity index (χ4v) is 2.85. The van der Waals surface area contributed by atoms with Crippen molar-refractivity contribution in [2.75, 3.05) is 6.54 Å². The van der Waals surface area contributed by atoms with Gasteiger partial charge < -0.3 is 15.7 Å². The molecule has 0 aromatic heterocycles. The van der Waals surface area contributed by atoms with Crippen molar-refractivity contribution in [2.45, 2.75) is 51.8 Å². The molecular formula is C16H24N2O2. The second-order valence-corrected chi connectivity index (χ2v) is 5.96. The van der Waals surface area contributed by atoms with Gasteiger partial charge in [-0.05, 0) is 39.2 Å². The first-order chi connectivity index (χ1) is 9.44. The third-order valence-electron chi connectivity index (χ3n) is 3.64. The van der Waals surface area contributed by atoms with Gasteiger partial charge in [0, 0.05) is 12.6 Å². The van der Waals surface area contributed by atoms with Gasteiger partial charge in [-0.1, -0.05) is 29.3 Å². The van der Waals surface area contributed by atoms with Gasteiger partial charge in [-0.15, -0.1) is 0 Å². The van der Waals surface area contributed by atoms with Crippen molar-refractivity contribution in [1.82, 2.24) is 10.6 Å². The van der Waals surface area contributed by atoms with Gasteiger partial charge in [-0.3, -0.25) is 4.79 Å². The standard InChI is InChI=1S/C16H24N2O2/c1-10-4-11(2)6-13(5-10)7-12(3)18-16(20)15-8-14(19)9-17-15/h4-6,12,14-15,17,19H,7-9H2,1-3H3,(H,18,20). The Morgan fingerprint density at radius 1 is 1.40 bits per heavy atom. The highest BCUT2D eigenvalue weighted by atomic mass is 16.3. The van der Waals surface area contributed by atoms with Crippen LogP contribution in [0.5, 0.6) is 0 Å². The van der Waals surface area contributed by atoms with Crippen LogP contribution in [0.1, 0.15) is 30.0 Å². The molecule has 20 heavy (non-hydrogen) atoms. The predicted molar refractivity (Wildman–Crippen MR) is 79.6 cm³/mol. The zero-order valence-electron chi connectivity index (χ0n) is 12.4. The SMILES string of the molecule is Cc1cc(C)cc(CC(C)NC(=O)C2CC(O)CN2)c1. The summed E-state index contributed by atoms with van der Waals surface area (Å²) in [5.74, 6) is -0.0153. The molecule has 1 amide bonds. The maximum Gasteiger partial charge on any atom is 0.237 e. The van der Waals surface area contributed by atoms with Crippen molar-refractivity contribution in [1.29, 1.82) is 0 Å². The monoisotopic (exact) mass is 276 g/mol. The van der Waals surface area contributed by atoms with Gasteiger partial charge >= 0.3 is 0 Å². The van der Waals surface area contributed by atoms with Crippen LogP contribution in [0.2, 0.25) is 0 Å². The Bertz CT molecular complexity index is 467. The summed E-state index contributed by atoms with van der Waals surface area (Å²) in [6, 6.07) is 6.30. The largest absolute Gasteiger partial charge is 0.392 e. The predicted octanol–water partition coefficient (Wildman–Crippen LogP) is 1.07. The average molecular weight is 276 g/mol. The molecule has 3 unspecified atom stereocenters. The molecule has 0 aliphatic carbocycles. The molecule has 110 valence electrons. The highest BCUT2D eigenvalue weighted by molar-refractivity contribution is 5.82. The number of nitrogens with one attached hydrogen (secondary N) is 2. The molecule has 1 heterocycles. The van der Waals surface area contributed by atoms with Crippen LogP contribution in [0.3, 0.4) is 0 Å². The Kier molecular flexibility index (Phi) is 4.78. The molecule has 1 fully saturated rings. The summed E-state index contributed by atoms with van der Waals surface area (Å²) >= 11 is 0. The first-order valence-corrected chi connectivity index (χ1v) is 7.23. The van der Waals surface area contributed by atoms with Gasteiger partial charge in [-0.2, -0.15) is 0 Å². The fraction of sp³-hybridized carbons (Fsp3) is 0.562. The number of rotatable bonds is 4. The summed E-state index contributed by atoms with van der Waals surface area (Å²) in [4.78, 5) is 12.0. The van der Waals surface area contributed by atoms with Crippen LogP contribution in [0.25, 0.3) is 0 Å². The Morgan fingerprint density at radius 2 is 2.05 bits per heavy atom. The van der Waals surface area contributed by atoms with E-state index in [0.29, 0.717) is 13.0 Å². The summed E-state index contributed by atoms with van der Waals surface area (Å²) in [6.07, 6.45) is 0.923. The zero-order chi connectivity index (χ0) is 14.7. The normalized spacial score (nSPS) is 23.6. The highest BCUT2D eigenvalue weighted by Crippen LogP contribution is 2.12. The number of carbonyl (C=O) groups excluding carboxylic acids is 1. The third-order valence-corrected chi connectivity index (χ3v) is 3.64. The molecule has 3 N–H and O–H groups in total. The number of carbonyl (C=O) groups is 1. The van der Waals surface area contributed by atoms with Crippen molar-refractivity contribution in [3.63, 3.8) is 0 Å². The Morgan fingerprint density at radius 3 is 2.60 bits per heavy atom. The van der Waals surface area contributed by atoms with Gasteiger partial charge in [0.15, 0.2) is 0 Å². The molecule has 1 aliphatic rings. The Balaban J connectivity index is 1.88. The summed E-state index contributed by atoms with van der Waals surface area (Å²) in [6.45, 7) is 6.69. The maximum atomic E-state index is 12.0. The number of hydrogen-bond donors (Lipinski definition) is 3. The van der Waals surface area contributed by atoms with Crippen molar-refractivity contribution in [3.05, 3.63) is 34.9 Å². The summed E-state index contributed by atoms with van der Waals surface area (Å²) in [5, 5.41) is 15.5. The summed E-state index contributed by atoms with van der Waals surface area (Å²) in [5.41, 5.74) is 3.74. The van der Waals surface area contributed by atoms with E-state index in [0.717, 1.165) is 6.42 Å². The van der Waals surface area contributed by atoms with Crippen molar-refractivity contribution in [2.24, 2.45) is 0 Å². The van der Waals surface area contributed by atoms with Crippen molar-refractivity contribution in [3.8, 4) is 0 Å². The van der Waals surface area contributed by atoms with Gasteiger partial charge in [0.2, 0.25) is 5.91 Å². The number of amides is 1. The van der Waals surface area contributed by atoms with Gasteiger partial charge in [0.05, 0.1) is 12.1 Å². The van der Waals surface area contributed by atoms with Gasteiger partial charge in [0.1, 0.15) is 0 Å². The molecule has 2 rings (SSSR count). The van der Waals surface area contributed by atoms with Gasteiger partial charge in [0.25, 0.3) is 0 Å². The minimum absolute atomic E-state index is 0.0153. The molecule has 4 nitrogen and oxygen atoms in total. The van der Waals surface area contributed by atoms with E-state index in [2.05, 4.69) is 42.7 Å². The molecule has 3 atom stereocenters. The zero-order valence-corrected chi connectivity index (χ0v) is 12.4. The maximum absolute atomic E-state index is 12.0. The third kappa shape index (κ3) is 4.05. The van der Waals surface area contributed by atoms with Crippen LogP contribution in [0.15, 0.2) is 18.2 Å². The lowest BCUT2D eigenvalue weighted by molar-refractivity contribution is -0.123. The summed E-state index contributed by atoms with van der Waals surface area (Å²) in [7, 11) is 0. The lowest BCUT2D eigenvalue weighted by Gasteiger charge is -2.18. The molecule has 1 aromatic carbocycles. The van der Waals surface area contributed by atoms with Crippen LogP contribution in [0.4, 0.5) is 0 Å². The van der Waals surface area contributed by atoms with Crippen LogP contribution in [-0.4, -0.2) is 35.7 Å². The van der Waals surface area contributed by atoms with Crippen molar-refractivity contribution >= 4 is 5.91 Å². The first-order valence-electron chi connectivity index (χ1n) is 7.23. The van der Waals surface area contributed by atoms with Crippen LogP contribution in [0, 0.1) is 13.8 Å². The smallest absolute Gasteiger partial charge is 0.237 e. The van der Waals surface area contributed by atoms with Gasteiger partial charge in [-0.25, -0.2) is 0 Å². The summed E-state index contributed by atoms with van der Waals surface area (Å²) < 4.78 is 0. The highest BCUT2D eigenvalue weighted by Gasteiger charge is 2.28. The minimum Gasteiger partial charge on any atom is -0.392 e. The lowest BCUT2D eigenvalue weighted by Crippen LogP contribution is -2.44. The van der Waals surface area contributed by atoms with E-state index >= 15 is 0 Å². The molecule has 1 aromatic rings. The topological polar surface area (TPSA) is 61.4 Å². The van der Waals surface area contributed by atoms with E-state index in [1.165, 1.54) is 16.7 Å². The number of benzene rings is 1. The van der Waals surface area contributed by atoms with E-state index < -0.39 is 6.10 Å². The number of aryl methyl sites for hydroxylation is 2. The molecular weight excluding hydrogens is 252 g/mol. The first kappa shape index (κ1) is 15.0. The Hall–Kier alpha value is -1.39. The number of aliphatic hydroxyl groups excluding tert-OH is 1. The number of β-amino-alcohol motifs (C(OH)–C–C–N with tert-alkyl or cyclic N) is 1. The molecule has 0 radical (unpaired) electrons. The molecule has 0 bridgehead atoms. The molecule has 0 spiro atoms. The van der Waals surface area contributed by atoms with E-state index in [9.17, 15) is 9.90 Å². The van der Waals surface area contributed by atoms with Crippen LogP contribution >= 0.6 is 0 Å². The van der Waals surface area contributed by atoms with Crippen LogP contribution in [-0.2, 0) is 11.2 Å². The molecule has 4 heteroatoms. The minimum atomic E-state index is -0.402. The average Bonchev–Trinajstić information content (AvgIpc) is 2.74. The molecule has 0 saturated carbocycles. The quantitative estimate of drug-likeness (QED) is 0.771. The lowest BCUT2D eigenvalue weighted by atomic mass is 10.0. The number of aliphatic hydroxyl groups is 1. The van der Waals surface area contributed by atoms with E-state index in [1.807, 2.05) is 6.92 Å². The Labute approximate surface area is 120 Å². The van der Waals surface area contributed by atoms with E-state index in [1.54, 1.807) is 0 Å². The van der Waals surface area contributed by atoms with E-state index in [-0.39, 0.29) is 18.0 Å². The van der Waals surface area contributed by atoms with Crippen LogP contribution < -0.4 is 10.6 Å². The van der Waals surface area contributed by atoms with Crippen molar-refractivity contribution < 1.29 is 9.90 Å². The second kappa shape index (κ2) is 6.37. The molecule has 1 aliphatic heterocycles. The second-order valence-electron chi connectivity index (χ2n) is 5.96. The molecule has 1 saturated heterocycles. The number of hydrogen-bond acceptors (Lipinski definition) is 3. The van der Waals surface area contributed by atoms with E-state index in [4.69, 9.17) is 0 Å². The fourth-order valence-electron chi connectivity index (χ4n) is 2.85.